The lowest BCUT2D eigenvalue weighted by molar-refractivity contribution is 0.896. The Labute approximate surface area is 116 Å². The summed E-state index contributed by atoms with van der Waals surface area (Å²) < 4.78 is 4.38. The molecule has 0 radical (unpaired) electrons. The van der Waals surface area contributed by atoms with E-state index in [1.165, 1.54) is 16.4 Å². The van der Waals surface area contributed by atoms with E-state index in [-0.39, 0.29) is 0 Å². The van der Waals surface area contributed by atoms with E-state index in [1.807, 2.05) is 11.8 Å². The molecule has 1 aromatic carbocycles. The minimum absolute atomic E-state index is 0.383. The first-order valence-corrected chi connectivity index (χ1v) is 7.78. The van der Waals surface area contributed by atoms with Crippen LogP contribution in [0.25, 0.3) is 11.4 Å². The average Bonchev–Trinajstić information content (AvgIpc) is 2.78. The Morgan fingerprint density at radius 3 is 2.61 bits per heavy atom. The van der Waals surface area contributed by atoms with Crippen LogP contribution in [0.15, 0.2) is 29.2 Å². The van der Waals surface area contributed by atoms with E-state index in [9.17, 15) is 0 Å². The van der Waals surface area contributed by atoms with Gasteiger partial charge in [-0.15, -0.1) is 11.8 Å². The first-order chi connectivity index (χ1) is 8.69. The largest absolute Gasteiger partial charge is 0.358 e. The van der Waals surface area contributed by atoms with Crippen LogP contribution in [0.3, 0.4) is 0 Å². The molecule has 0 saturated heterocycles. The number of benzene rings is 1. The Morgan fingerprint density at radius 2 is 2.00 bits per heavy atom. The monoisotopic (exact) mass is 279 g/mol. The molecule has 3 nitrogen and oxygen atoms in total. The number of anilines is 1. The number of hydrogen-bond donors (Lipinski definition) is 1. The van der Waals surface area contributed by atoms with E-state index in [4.69, 9.17) is 0 Å². The topological polar surface area (TPSA) is 37.8 Å². The predicted molar refractivity (Wildman–Crippen MR) is 80.5 cm³/mol. The smallest absolute Gasteiger partial charge is 0.203 e. The van der Waals surface area contributed by atoms with Gasteiger partial charge < -0.3 is 5.32 Å². The highest BCUT2D eigenvalue weighted by Crippen LogP contribution is 2.24. The number of aromatic nitrogens is 2. The summed E-state index contributed by atoms with van der Waals surface area (Å²) in [6.07, 6.45) is 0. The molecule has 5 heteroatoms. The first-order valence-electron chi connectivity index (χ1n) is 6.02. The highest BCUT2D eigenvalue weighted by molar-refractivity contribution is 7.99. The third kappa shape index (κ3) is 3.46. The van der Waals surface area contributed by atoms with Gasteiger partial charge in [-0.25, -0.2) is 0 Å². The molecule has 1 heterocycles. The molecule has 96 valence electrons. The molecule has 1 N–H and O–H groups in total. The molecular formula is C13H17N3S2. The molecule has 2 aromatic rings. The highest BCUT2D eigenvalue weighted by Gasteiger charge is 2.07. The molecule has 0 aliphatic heterocycles. The van der Waals surface area contributed by atoms with Crippen LogP contribution in [-0.4, -0.2) is 21.2 Å². The zero-order valence-corrected chi connectivity index (χ0v) is 12.4. The Morgan fingerprint density at radius 1 is 1.28 bits per heavy atom. The molecule has 2 rings (SSSR count). The van der Waals surface area contributed by atoms with Crippen LogP contribution in [0.2, 0.25) is 0 Å². The maximum Gasteiger partial charge on any atom is 0.203 e. The lowest BCUT2D eigenvalue weighted by Gasteiger charge is -2.03. The third-order valence-electron chi connectivity index (χ3n) is 2.26. The Hall–Kier alpha value is -1.07. The fourth-order valence-corrected chi connectivity index (χ4v) is 2.91. The van der Waals surface area contributed by atoms with Crippen molar-refractivity contribution in [2.75, 3.05) is 11.1 Å². The number of nitrogens with zero attached hydrogens (tertiary/aromatic N) is 2. The summed E-state index contributed by atoms with van der Waals surface area (Å²) in [4.78, 5) is 5.77. The van der Waals surface area contributed by atoms with Crippen molar-refractivity contribution in [1.82, 2.24) is 9.36 Å². The Bertz CT molecular complexity index is 491. The molecule has 0 saturated carbocycles. The van der Waals surface area contributed by atoms with E-state index in [0.717, 1.165) is 22.3 Å². The minimum Gasteiger partial charge on any atom is -0.358 e. The molecule has 0 bridgehead atoms. The second-order valence-electron chi connectivity index (χ2n) is 4.18. The van der Waals surface area contributed by atoms with Crippen LogP contribution >= 0.6 is 23.3 Å². The van der Waals surface area contributed by atoms with Crippen molar-refractivity contribution in [3.05, 3.63) is 24.3 Å². The molecular weight excluding hydrogens is 262 g/mol. The fourth-order valence-electron chi connectivity index (χ4n) is 1.51. The van der Waals surface area contributed by atoms with Crippen LogP contribution in [0, 0.1) is 0 Å². The average molecular weight is 279 g/mol. The van der Waals surface area contributed by atoms with Gasteiger partial charge in [0.1, 0.15) is 0 Å². The van der Waals surface area contributed by atoms with Crippen molar-refractivity contribution < 1.29 is 0 Å². The molecule has 0 unspecified atom stereocenters. The summed E-state index contributed by atoms with van der Waals surface area (Å²) in [6.45, 7) is 6.35. The summed E-state index contributed by atoms with van der Waals surface area (Å²) in [7, 11) is 0. The van der Waals surface area contributed by atoms with E-state index >= 15 is 0 Å². The van der Waals surface area contributed by atoms with Crippen molar-refractivity contribution in [3.8, 4) is 11.4 Å². The summed E-state index contributed by atoms with van der Waals surface area (Å²) in [5.41, 5.74) is 1.07. The van der Waals surface area contributed by atoms with E-state index in [1.54, 1.807) is 0 Å². The standard InChI is InChI=1S/C13H17N3S2/c1-4-17-11-7-5-10(6-8-11)12-15-13(18-16-12)14-9(2)3/h5-9H,4H2,1-3H3,(H,14,15,16). The van der Waals surface area contributed by atoms with E-state index in [2.05, 4.69) is 59.7 Å². The molecule has 0 amide bonds. The second kappa shape index (κ2) is 6.20. The zero-order valence-electron chi connectivity index (χ0n) is 10.8. The summed E-state index contributed by atoms with van der Waals surface area (Å²) in [5.74, 6) is 1.90. The normalized spacial score (nSPS) is 10.9. The number of nitrogens with one attached hydrogen (secondary N) is 1. The lowest BCUT2D eigenvalue weighted by atomic mass is 10.2. The maximum absolute atomic E-state index is 4.49. The van der Waals surface area contributed by atoms with E-state index in [0.29, 0.717) is 6.04 Å². The van der Waals surface area contributed by atoms with Crippen molar-refractivity contribution in [2.45, 2.75) is 31.7 Å². The molecule has 0 fully saturated rings. The van der Waals surface area contributed by atoms with Gasteiger partial charge in [-0.05, 0) is 31.7 Å². The first kappa shape index (κ1) is 13.4. The Balaban J connectivity index is 2.13. The van der Waals surface area contributed by atoms with Crippen LogP contribution in [0.5, 0.6) is 0 Å². The van der Waals surface area contributed by atoms with Crippen molar-refractivity contribution in [1.29, 1.82) is 0 Å². The SMILES string of the molecule is CCSc1ccc(-c2nsc(NC(C)C)n2)cc1. The van der Waals surface area contributed by atoms with Gasteiger partial charge in [0.25, 0.3) is 0 Å². The quantitative estimate of drug-likeness (QED) is 0.835. The number of thioether (sulfide) groups is 1. The van der Waals surface area contributed by atoms with Gasteiger partial charge in [0.05, 0.1) is 0 Å². The van der Waals surface area contributed by atoms with Crippen molar-refractivity contribution in [3.63, 3.8) is 0 Å². The Kier molecular flexibility index (Phi) is 4.60. The molecule has 0 atom stereocenters. The van der Waals surface area contributed by atoms with Gasteiger partial charge in [0, 0.05) is 28.0 Å². The predicted octanol–water partition coefficient (Wildman–Crippen LogP) is 4.14. The molecule has 0 aliphatic carbocycles. The van der Waals surface area contributed by atoms with Crippen LogP contribution in [-0.2, 0) is 0 Å². The van der Waals surface area contributed by atoms with Gasteiger partial charge in [0.2, 0.25) is 5.13 Å². The third-order valence-corrected chi connectivity index (χ3v) is 3.80. The highest BCUT2D eigenvalue weighted by atomic mass is 32.2. The zero-order chi connectivity index (χ0) is 13.0. The van der Waals surface area contributed by atoms with Crippen LogP contribution in [0.1, 0.15) is 20.8 Å². The van der Waals surface area contributed by atoms with Gasteiger partial charge >= 0.3 is 0 Å². The number of hydrogen-bond acceptors (Lipinski definition) is 5. The second-order valence-corrected chi connectivity index (χ2v) is 6.27. The van der Waals surface area contributed by atoms with Crippen molar-refractivity contribution in [2.24, 2.45) is 0 Å². The molecule has 1 aromatic heterocycles. The van der Waals surface area contributed by atoms with Gasteiger partial charge in [-0.1, -0.05) is 19.1 Å². The minimum atomic E-state index is 0.383. The molecule has 0 aliphatic rings. The van der Waals surface area contributed by atoms with Gasteiger partial charge in [0.15, 0.2) is 5.82 Å². The summed E-state index contributed by atoms with van der Waals surface area (Å²) in [6, 6.07) is 8.80. The van der Waals surface area contributed by atoms with Crippen LogP contribution in [0.4, 0.5) is 5.13 Å². The maximum atomic E-state index is 4.49. The lowest BCUT2D eigenvalue weighted by Crippen LogP contribution is -2.08. The van der Waals surface area contributed by atoms with Crippen LogP contribution < -0.4 is 5.32 Å². The van der Waals surface area contributed by atoms with E-state index < -0.39 is 0 Å². The molecule has 18 heavy (non-hydrogen) atoms. The summed E-state index contributed by atoms with van der Waals surface area (Å²) in [5, 5.41) is 4.15. The van der Waals surface area contributed by atoms with Crippen molar-refractivity contribution >= 4 is 28.4 Å². The summed E-state index contributed by atoms with van der Waals surface area (Å²) >= 11 is 3.25. The molecule has 0 spiro atoms. The number of rotatable bonds is 5. The fraction of sp³-hybridized carbons (Fsp3) is 0.385. The van der Waals surface area contributed by atoms with Gasteiger partial charge in [-0.2, -0.15) is 9.36 Å². The van der Waals surface area contributed by atoms with Gasteiger partial charge in [-0.3, -0.25) is 0 Å².